The maximum Gasteiger partial charge on any atom is 0.326 e. The Morgan fingerprint density at radius 2 is 2.03 bits per heavy atom. The number of rotatable bonds is 13. The minimum atomic E-state index is -1.12. The third kappa shape index (κ3) is 6.30. The van der Waals surface area contributed by atoms with E-state index >= 15 is 0 Å². The molecule has 1 atom stereocenters. The molecule has 1 unspecified atom stereocenters. The average Bonchev–Trinajstić information content (AvgIpc) is 3.68. The Bertz CT molecular complexity index is 1170. The topological polar surface area (TPSA) is 126 Å². The van der Waals surface area contributed by atoms with Crippen LogP contribution in [0.1, 0.15) is 49.8 Å². The maximum atomic E-state index is 13.2. The number of anilines is 2. The molecule has 0 spiro atoms. The van der Waals surface area contributed by atoms with Gasteiger partial charge in [-0.15, -0.1) is 0 Å². The summed E-state index contributed by atoms with van der Waals surface area (Å²) in [6, 6.07) is 8.00. The van der Waals surface area contributed by atoms with Crippen LogP contribution in [0.4, 0.5) is 11.6 Å². The number of carbonyl (C=O) groups is 2. The fourth-order valence-corrected chi connectivity index (χ4v) is 4.80. The molecule has 0 saturated heterocycles. The molecule has 3 heterocycles. The lowest BCUT2D eigenvalue weighted by molar-refractivity contribution is -0.143. The second kappa shape index (κ2) is 11.8. The number of ether oxygens (including phenoxy) is 1. The number of hydrogen-bond acceptors (Lipinski definition) is 7. The van der Waals surface area contributed by atoms with Crippen molar-refractivity contribution in [1.29, 1.82) is 0 Å². The Balaban J connectivity index is 1.22. The summed E-state index contributed by atoms with van der Waals surface area (Å²) < 4.78 is 7.15. The van der Waals surface area contributed by atoms with E-state index in [4.69, 9.17) is 9.72 Å². The second-order valence-electron chi connectivity index (χ2n) is 10.0. The minimum absolute atomic E-state index is 0.152. The molecule has 1 saturated carbocycles. The van der Waals surface area contributed by atoms with Crippen LogP contribution in [0.3, 0.4) is 0 Å². The number of amides is 1. The lowest BCUT2D eigenvalue weighted by Crippen LogP contribution is -2.50. The van der Waals surface area contributed by atoms with Gasteiger partial charge in [0.05, 0.1) is 0 Å². The van der Waals surface area contributed by atoms with Crippen LogP contribution in [0.15, 0.2) is 35.1 Å². The van der Waals surface area contributed by atoms with Crippen molar-refractivity contribution in [2.24, 2.45) is 0 Å². The van der Waals surface area contributed by atoms with Crippen molar-refractivity contribution >= 4 is 23.5 Å². The van der Waals surface area contributed by atoms with Crippen LogP contribution in [0.25, 0.3) is 0 Å². The molecule has 10 heteroatoms. The van der Waals surface area contributed by atoms with Gasteiger partial charge in [0, 0.05) is 52.0 Å². The number of pyridine rings is 2. The van der Waals surface area contributed by atoms with Crippen molar-refractivity contribution in [3.63, 3.8) is 0 Å². The number of aromatic nitrogens is 2. The smallest absolute Gasteiger partial charge is 0.326 e. The van der Waals surface area contributed by atoms with Crippen molar-refractivity contribution in [1.82, 2.24) is 14.9 Å². The Kier molecular flexibility index (Phi) is 8.48. The van der Waals surface area contributed by atoms with E-state index in [-0.39, 0.29) is 18.6 Å². The number of carbonyl (C=O) groups excluding carboxylic acids is 1. The molecule has 2 aliphatic rings. The maximum absolute atomic E-state index is 13.2. The zero-order chi connectivity index (χ0) is 26.4. The molecular weight excluding hydrogens is 474 g/mol. The second-order valence-corrected chi connectivity index (χ2v) is 10.0. The average molecular weight is 512 g/mol. The molecule has 10 nitrogen and oxygen atoms in total. The van der Waals surface area contributed by atoms with Gasteiger partial charge in [-0.1, -0.05) is 12.1 Å². The number of aliphatic carboxylic acids is 1. The van der Waals surface area contributed by atoms with Gasteiger partial charge in [-0.3, -0.25) is 14.2 Å². The fraction of sp³-hybridized carbons (Fsp3) is 0.556. The number of hydrogen-bond donors (Lipinski definition) is 3. The van der Waals surface area contributed by atoms with Crippen molar-refractivity contribution in [2.45, 2.75) is 62.9 Å². The van der Waals surface area contributed by atoms with Crippen LogP contribution in [-0.4, -0.2) is 66.4 Å². The molecule has 1 aliphatic heterocycles. The SMILES string of the molecule is CN(C)c1cccc(=O)n1C1(C(=O)NC(CCOCCCCc2ccc3c(n2)NCCC3)C(=O)O)CC1. The summed E-state index contributed by atoms with van der Waals surface area (Å²) in [6.45, 7) is 1.70. The van der Waals surface area contributed by atoms with Crippen LogP contribution in [0, 0.1) is 0 Å². The van der Waals surface area contributed by atoms with Gasteiger partial charge in [0.25, 0.3) is 5.56 Å². The Labute approximate surface area is 217 Å². The number of nitrogens with one attached hydrogen (secondary N) is 2. The quantitative estimate of drug-likeness (QED) is 0.349. The number of unbranched alkanes of at least 4 members (excludes halogenated alkanes) is 1. The highest BCUT2D eigenvalue weighted by atomic mass is 16.5. The predicted octanol–water partition coefficient (Wildman–Crippen LogP) is 2.16. The summed E-state index contributed by atoms with van der Waals surface area (Å²) >= 11 is 0. The summed E-state index contributed by atoms with van der Waals surface area (Å²) in [4.78, 5) is 44.1. The predicted molar refractivity (Wildman–Crippen MR) is 141 cm³/mol. The van der Waals surface area contributed by atoms with E-state index in [1.165, 1.54) is 16.2 Å². The highest BCUT2D eigenvalue weighted by Crippen LogP contribution is 2.45. The number of aryl methyl sites for hydroxylation is 2. The van der Waals surface area contributed by atoms with Gasteiger partial charge in [0.15, 0.2) is 0 Å². The van der Waals surface area contributed by atoms with Gasteiger partial charge < -0.3 is 25.4 Å². The van der Waals surface area contributed by atoms with Crippen molar-refractivity contribution < 1.29 is 19.4 Å². The highest BCUT2D eigenvalue weighted by molar-refractivity contribution is 5.91. The molecule has 1 fully saturated rings. The molecule has 200 valence electrons. The molecule has 1 aliphatic carbocycles. The summed E-state index contributed by atoms with van der Waals surface area (Å²) in [5.74, 6) is 0.0541. The van der Waals surface area contributed by atoms with Crippen LogP contribution in [0.2, 0.25) is 0 Å². The lowest BCUT2D eigenvalue weighted by Gasteiger charge is -2.26. The minimum Gasteiger partial charge on any atom is -0.480 e. The van der Waals surface area contributed by atoms with Crippen molar-refractivity contribution in [3.8, 4) is 0 Å². The zero-order valence-electron chi connectivity index (χ0n) is 21.7. The number of fused-ring (bicyclic) bond motifs is 1. The highest BCUT2D eigenvalue weighted by Gasteiger charge is 2.54. The van der Waals surface area contributed by atoms with E-state index in [9.17, 15) is 19.5 Å². The molecule has 3 N–H and O–H groups in total. The van der Waals surface area contributed by atoms with Crippen LogP contribution >= 0.6 is 0 Å². The number of carboxylic acids is 1. The van der Waals surface area contributed by atoms with Gasteiger partial charge in [-0.25, -0.2) is 9.78 Å². The summed E-state index contributed by atoms with van der Waals surface area (Å²) in [6.07, 6.45) is 5.97. The van der Waals surface area contributed by atoms with Gasteiger partial charge >= 0.3 is 5.97 Å². The van der Waals surface area contributed by atoms with Crippen molar-refractivity contribution in [3.05, 3.63) is 51.9 Å². The first-order valence-electron chi connectivity index (χ1n) is 13.1. The Hall–Kier alpha value is -3.40. The molecule has 1 amide bonds. The summed E-state index contributed by atoms with van der Waals surface area (Å²) in [7, 11) is 3.61. The molecule has 37 heavy (non-hydrogen) atoms. The largest absolute Gasteiger partial charge is 0.480 e. The first kappa shape index (κ1) is 26.7. The first-order chi connectivity index (χ1) is 17.8. The lowest BCUT2D eigenvalue weighted by atomic mass is 10.1. The summed E-state index contributed by atoms with van der Waals surface area (Å²) in [5, 5.41) is 15.7. The van der Waals surface area contributed by atoms with Crippen LogP contribution in [-0.2, 0) is 32.7 Å². The summed E-state index contributed by atoms with van der Waals surface area (Å²) in [5.41, 5.74) is 1.01. The van der Waals surface area contributed by atoms with Gasteiger partial charge in [-0.2, -0.15) is 0 Å². The molecule has 0 bridgehead atoms. The monoisotopic (exact) mass is 511 g/mol. The molecule has 0 aromatic carbocycles. The molecule has 4 rings (SSSR count). The van der Waals surface area contributed by atoms with E-state index < -0.39 is 23.5 Å². The molecule has 2 aromatic heterocycles. The van der Waals surface area contributed by atoms with E-state index in [1.807, 2.05) is 0 Å². The van der Waals surface area contributed by atoms with E-state index in [2.05, 4.69) is 22.8 Å². The molecule has 0 radical (unpaired) electrons. The van der Waals surface area contributed by atoms with Gasteiger partial charge in [0.1, 0.15) is 23.2 Å². The molecule has 2 aromatic rings. The van der Waals surface area contributed by atoms with Crippen LogP contribution in [0.5, 0.6) is 0 Å². The Morgan fingerprint density at radius 1 is 1.22 bits per heavy atom. The van der Waals surface area contributed by atoms with Crippen LogP contribution < -0.4 is 21.1 Å². The first-order valence-corrected chi connectivity index (χ1v) is 13.1. The fourth-order valence-electron chi connectivity index (χ4n) is 4.80. The third-order valence-corrected chi connectivity index (χ3v) is 7.04. The normalized spacial score (nSPS) is 16.3. The van der Waals surface area contributed by atoms with Gasteiger partial charge in [0.2, 0.25) is 5.91 Å². The van der Waals surface area contributed by atoms with E-state index in [0.29, 0.717) is 25.3 Å². The standard InChI is InChI=1S/C27H37N5O5/c1-31(2)22-9-5-10-23(33)32(22)27(14-15-27)26(36)30-21(25(34)35)13-18-37-17-4-3-8-20-12-11-19-7-6-16-28-24(19)29-20/h5,9-12,21H,3-4,6-8,13-18H2,1-2H3,(H,28,29)(H,30,36)(H,34,35). The Morgan fingerprint density at radius 3 is 2.76 bits per heavy atom. The molecular formula is C27H37N5O5. The zero-order valence-corrected chi connectivity index (χ0v) is 21.7. The number of nitrogens with zero attached hydrogens (tertiary/aromatic N) is 3. The van der Waals surface area contributed by atoms with E-state index in [0.717, 1.165) is 50.2 Å². The van der Waals surface area contributed by atoms with Gasteiger partial charge in [-0.05, 0) is 62.6 Å². The number of carboxylic acid groups (broad SMARTS) is 1. The third-order valence-electron chi connectivity index (χ3n) is 7.04. The van der Waals surface area contributed by atoms with Crippen molar-refractivity contribution in [2.75, 3.05) is 44.1 Å². The van der Waals surface area contributed by atoms with E-state index in [1.54, 1.807) is 31.1 Å².